The molecule has 100 valence electrons. The summed E-state index contributed by atoms with van der Waals surface area (Å²) in [4.78, 5) is 0. The van der Waals surface area contributed by atoms with Gasteiger partial charge in [0.25, 0.3) is 0 Å². The average Bonchev–Trinajstić information content (AvgIpc) is 2.42. The highest BCUT2D eigenvalue weighted by Gasteiger charge is 2.10. The summed E-state index contributed by atoms with van der Waals surface area (Å²) >= 11 is 0. The Bertz CT molecular complexity index is 535. The summed E-state index contributed by atoms with van der Waals surface area (Å²) in [5, 5.41) is 18.8. The van der Waals surface area contributed by atoms with Crippen LogP contribution in [-0.2, 0) is 6.42 Å². The molecule has 3 heteroatoms. The molecule has 2 N–H and O–H groups in total. The van der Waals surface area contributed by atoms with Gasteiger partial charge in [0.1, 0.15) is 11.5 Å². The average molecular weight is 258 g/mol. The molecule has 3 nitrogen and oxygen atoms in total. The predicted octanol–water partition coefficient (Wildman–Crippen LogP) is 3.07. The molecule has 2 aromatic rings. The number of aliphatic hydroxyl groups excluding tert-OH is 2. The van der Waals surface area contributed by atoms with Crippen LogP contribution in [0, 0.1) is 0 Å². The van der Waals surface area contributed by atoms with E-state index in [0.717, 1.165) is 11.1 Å². The molecule has 0 aromatic heterocycles. The van der Waals surface area contributed by atoms with Gasteiger partial charge in [-0.15, -0.1) is 0 Å². The first-order valence-corrected chi connectivity index (χ1v) is 6.36. The van der Waals surface area contributed by atoms with E-state index >= 15 is 0 Å². The van der Waals surface area contributed by atoms with Crippen molar-refractivity contribution < 1.29 is 14.9 Å². The van der Waals surface area contributed by atoms with Gasteiger partial charge in [-0.05, 0) is 31.0 Å². The third-order valence-electron chi connectivity index (χ3n) is 2.94. The second kappa shape index (κ2) is 6.36. The lowest BCUT2D eigenvalue weighted by Gasteiger charge is -2.15. The first kappa shape index (κ1) is 13.6. The molecule has 0 amide bonds. The number of para-hydroxylation sites is 2. The Labute approximate surface area is 113 Å². The number of aliphatic hydroxyl groups is 2. The van der Waals surface area contributed by atoms with Crippen molar-refractivity contribution in [3.05, 3.63) is 59.7 Å². The van der Waals surface area contributed by atoms with Crippen molar-refractivity contribution in [1.82, 2.24) is 0 Å². The molecule has 0 heterocycles. The molecule has 19 heavy (non-hydrogen) atoms. The Morgan fingerprint density at radius 3 is 2.32 bits per heavy atom. The van der Waals surface area contributed by atoms with Gasteiger partial charge in [-0.1, -0.05) is 36.4 Å². The van der Waals surface area contributed by atoms with E-state index in [1.807, 2.05) is 48.5 Å². The van der Waals surface area contributed by atoms with Crippen LogP contribution in [-0.4, -0.2) is 16.8 Å². The van der Waals surface area contributed by atoms with Gasteiger partial charge in [0.2, 0.25) is 0 Å². The smallest absolute Gasteiger partial charge is 0.133 e. The van der Waals surface area contributed by atoms with Crippen molar-refractivity contribution in [1.29, 1.82) is 0 Å². The van der Waals surface area contributed by atoms with E-state index < -0.39 is 6.10 Å². The van der Waals surface area contributed by atoms with E-state index in [1.165, 1.54) is 0 Å². The second-order valence-electron chi connectivity index (χ2n) is 4.40. The summed E-state index contributed by atoms with van der Waals surface area (Å²) < 4.78 is 5.88. The maximum absolute atomic E-state index is 9.74. The van der Waals surface area contributed by atoms with Crippen molar-refractivity contribution >= 4 is 0 Å². The predicted molar refractivity (Wildman–Crippen MR) is 74.4 cm³/mol. The fraction of sp³-hybridized carbons (Fsp3) is 0.250. The summed E-state index contributed by atoms with van der Waals surface area (Å²) in [6.45, 7) is 1.79. The first-order chi connectivity index (χ1) is 9.22. The topological polar surface area (TPSA) is 49.7 Å². The van der Waals surface area contributed by atoms with Gasteiger partial charge in [0.15, 0.2) is 0 Å². The summed E-state index contributed by atoms with van der Waals surface area (Å²) in [6, 6.07) is 15.0. The van der Waals surface area contributed by atoms with Crippen molar-refractivity contribution in [3.8, 4) is 11.5 Å². The minimum absolute atomic E-state index is 0.0818. The van der Waals surface area contributed by atoms with Gasteiger partial charge in [0, 0.05) is 12.2 Å². The number of hydrogen-bond donors (Lipinski definition) is 2. The zero-order valence-electron chi connectivity index (χ0n) is 10.9. The molecular formula is C16H18O3. The Morgan fingerprint density at radius 2 is 1.63 bits per heavy atom. The lowest BCUT2D eigenvalue weighted by atomic mass is 10.1. The van der Waals surface area contributed by atoms with Crippen LogP contribution in [0.5, 0.6) is 11.5 Å². The highest BCUT2D eigenvalue weighted by molar-refractivity contribution is 5.42. The second-order valence-corrected chi connectivity index (χ2v) is 4.40. The summed E-state index contributed by atoms with van der Waals surface area (Å²) in [7, 11) is 0. The van der Waals surface area contributed by atoms with Crippen molar-refractivity contribution in [2.75, 3.05) is 6.61 Å². The highest BCUT2D eigenvalue weighted by Crippen LogP contribution is 2.31. The Kier molecular flexibility index (Phi) is 4.55. The Morgan fingerprint density at radius 1 is 1.00 bits per heavy atom. The molecule has 0 aliphatic rings. The van der Waals surface area contributed by atoms with E-state index in [1.54, 1.807) is 6.92 Å². The molecule has 0 unspecified atom stereocenters. The van der Waals surface area contributed by atoms with E-state index in [-0.39, 0.29) is 6.61 Å². The maximum Gasteiger partial charge on any atom is 0.133 e. The summed E-state index contributed by atoms with van der Waals surface area (Å²) in [5.74, 6) is 1.35. The summed E-state index contributed by atoms with van der Waals surface area (Å²) in [5.41, 5.74) is 1.70. The Hall–Kier alpha value is -1.84. The molecular weight excluding hydrogens is 240 g/mol. The van der Waals surface area contributed by atoms with Crippen molar-refractivity contribution in [2.24, 2.45) is 0 Å². The Balaban J connectivity index is 2.31. The van der Waals surface area contributed by atoms with E-state index in [9.17, 15) is 5.11 Å². The molecule has 0 radical (unpaired) electrons. The SMILES string of the molecule is C[C@@H](O)c1ccccc1Oc1ccccc1CCO. The third-order valence-corrected chi connectivity index (χ3v) is 2.94. The number of hydrogen-bond acceptors (Lipinski definition) is 3. The molecule has 2 rings (SSSR count). The van der Waals surface area contributed by atoms with Gasteiger partial charge in [-0.25, -0.2) is 0 Å². The van der Waals surface area contributed by atoms with Gasteiger partial charge < -0.3 is 14.9 Å². The van der Waals surface area contributed by atoms with E-state index in [2.05, 4.69) is 0 Å². The van der Waals surface area contributed by atoms with Crippen LogP contribution in [0.3, 0.4) is 0 Å². The van der Waals surface area contributed by atoms with E-state index in [0.29, 0.717) is 17.9 Å². The number of ether oxygens (including phenoxy) is 1. The lowest BCUT2D eigenvalue weighted by Crippen LogP contribution is -1.99. The first-order valence-electron chi connectivity index (χ1n) is 6.36. The molecule has 0 saturated carbocycles. The monoisotopic (exact) mass is 258 g/mol. The number of benzene rings is 2. The normalized spacial score (nSPS) is 12.2. The highest BCUT2D eigenvalue weighted by atomic mass is 16.5. The minimum Gasteiger partial charge on any atom is -0.457 e. The van der Waals surface area contributed by atoms with E-state index in [4.69, 9.17) is 9.84 Å². The summed E-state index contributed by atoms with van der Waals surface area (Å²) in [6.07, 6.45) is -0.0336. The fourth-order valence-electron chi connectivity index (χ4n) is 1.97. The standard InChI is InChI=1S/C16H18O3/c1-12(18)14-7-3-5-9-16(14)19-15-8-4-2-6-13(15)10-11-17/h2-9,12,17-18H,10-11H2,1H3/t12-/m1/s1. The van der Waals surface area contributed by atoms with Crippen LogP contribution >= 0.6 is 0 Å². The minimum atomic E-state index is -0.582. The van der Waals surface area contributed by atoms with Crippen molar-refractivity contribution in [2.45, 2.75) is 19.4 Å². The van der Waals surface area contributed by atoms with Crippen LogP contribution < -0.4 is 4.74 Å². The van der Waals surface area contributed by atoms with Crippen LogP contribution in [0.25, 0.3) is 0 Å². The lowest BCUT2D eigenvalue weighted by molar-refractivity contribution is 0.195. The molecule has 0 aliphatic heterocycles. The van der Waals surface area contributed by atoms with Gasteiger partial charge in [-0.2, -0.15) is 0 Å². The zero-order valence-corrected chi connectivity index (χ0v) is 10.9. The quantitative estimate of drug-likeness (QED) is 0.866. The maximum atomic E-state index is 9.74. The van der Waals surface area contributed by atoms with Crippen molar-refractivity contribution in [3.63, 3.8) is 0 Å². The molecule has 0 saturated heterocycles. The third kappa shape index (κ3) is 3.34. The molecule has 0 aliphatic carbocycles. The van der Waals surface area contributed by atoms with Gasteiger partial charge >= 0.3 is 0 Å². The zero-order chi connectivity index (χ0) is 13.7. The van der Waals surface area contributed by atoms with Gasteiger partial charge in [-0.3, -0.25) is 0 Å². The molecule has 0 fully saturated rings. The molecule has 0 bridgehead atoms. The molecule has 2 aromatic carbocycles. The van der Waals surface area contributed by atoms with Crippen LogP contribution in [0.1, 0.15) is 24.2 Å². The molecule has 0 spiro atoms. The number of rotatable bonds is 5. The molecule has 1 atom stereocenters. The largest absolute Gasteiger partial charge is 0.457 e. The van der Waals surface area contributed by atoms with Crippen LogP contribution in [0.2, 0.25) is 0 Å². The van der Waals surface area contributed by atoms with Gasteiger partial charge in [0.05, 0.1) is 6.10 Å². The fourth-order valence-corrected chi connectivity index (χ4v) is 1.97. The van der Waals surface area contributed by atoms with Crippen LogP contribution in [0.4, 0.5) is 0 Å². The van der Waals surface area contributed by atoms with Crippen LogP contribution in [0.15, 0.2) is 48.5 Å².